The highest BCUT2D eigenvalue weighted by molar-refractivity contribution is 6.37. The second-order valence-electron chi connectivity index (χ2n) is 7.87. The zero-order chi connectivity index (χ0) is 22.9. The summed E-state index contributed by atoms with van der Waals surface area (Å²) in [6.07, 6.45) is 5.17. The molecule has 1 saturated heterocycles. The van der Waals surface area contributed by atoms with Crippen LogP contribution in [0.15, 0.2) is 48.8 Å². The van der Waals surface area contributed by atoms with Crippen molar-refractivity contribution in [3.63, 3.8) is 0 Å². The highest BCUT2D eigenvalue weighted by atomic mass is 35.5. The van der Waals surface area contributed by atoms with Crippen LogP contribution in [0.4, 0.5) is 11.6 Å². The van der Waals surface area contributed by atoms with Crippen LogP contribution >= 0.6 is 35.6 Å². The van der Waals surface area contributed by atoms with Gasteiger partial charge in [0.1, 0.15) is 17.3 Å². The van der Waals surface area contributed by atoms with E-state index in [1.165, 1.54) is 0 Å². The van der Waals surface area contributed by atoms with Crippen LogP contribution in [0, 0.1) is 0 Å². The number of nitrogen functional groups attached to an aromatic ring is 1. The summed E-state index contributed by atoms with van der Waals surface area (Å²) >= 11 is 13.2. The molecular formula is C23H22Cl3N7O. The number of fused-ring (bicyclic) bond motifs is 1. The van der Waals surface area contributed by atoms with Gasteiger partial charge >= 0.3 is 0 Å². The van der Waals surface area contributed by atoms with E-state index in [0.29, 0.717) is 43.9 Å². The third-order valence-corrected chi connectivity index (χ3v) is 6.31. The molecule has 176 valence electrons. The monoisotopic (exact) mass is 517 g/mol. The Morgan fingerprint density at radius 2 is 2.03 bits per heavy atom. The number of carbonyl (C=O) groups is 1. The lowest BCUT2D eigenvalue weighted by Crippen LogP contribution is -2.32. The van der Waals surface area contributed by atoms with Gasteiger partial charge < -0.3 is 16.4 Å². The van der Waals surface area contributed by atoms with Gasteiger partial charge in [-0.05, 0) is 43.7 Å². The minimum absolute atomic E-state index is 0. The largest absolute Gasteiger partial charge is 0.383 e. The van der Waals surface area contributed by atoms with E-state index >= 15 is 0 Å². The number of hydrogen-bond donors (Lipinski definition) is 3. The molecule has 0 spiro atoms. The van der Waals surface area contributed by atoms with Crippen molar-refractivity contribution in [1.29, 1.82) is 0 Å². The second-order valence-corrected chi connectivity index (χ2v) is 8.69. The molecule has 4 aromatic rings. The van der Waals surface area contributed by atoms with E-state index < -0.39 is 0 Å². The Bertz CT molecular complexity index is 1340. The molecule has 0 saturated carbocycles. The quantitative estimate of drug-likeness (QED) is 0.351. The molecule has 0 radical (unpaired) electrons. The van der Waals surface area contributed by atoms with Crippen LogP contribution in [0.25, 0.3) is 22.2 Å². The Morgan fingerprint density at radius 1 is 1.18 bits per heavy atom. The molecule has 5 rings (SSSR count). The van der Waals surface area contributed by atoms with E-state index in [1.54, 1.807) is 48.8 Å². The maximum atomic E-state index is 12.7. The Balaban J connectivity index is 0.00000274. The summed E-state index contributed by atoms with van der Waals surface area (Å²) in [6.45, 7) is 1.77. The van der Waals surface area contributed by atoms with E-state index in [0.717, 1.165) is 31.4 Å². The van der Waals surface area contributed by atoms with E-state index in [4.69, 9.17) is 34.0 Å². The van der Waals surface area contributed by atoms with Crippen molar-refractivity contribution in [2.75, 3.05) is 24.1 Å². The van der Waals surface area contributed by atoms with Gasteiger partial charge in [-0.15, -0.1) is 12.4 Å². The van der Waals surface area contributed by atoms with Crippen molar-refractivity contribution >= 4 is 64.1 Å². The fraction of sp³-hybridized carbons (Fsp3) is 0.217. The number of nitrogens with two attached hydrogens (primary N) is 1. The molecule has 0 bridgehead atoms. The molecule has 1 fully saturated rings. The molecule has 1 aromatic carbocycles. The molecule has 34 heavy (non-hydrogen) atoms. The van der Waals surface area contributed by atoms with Gasteiger partial charge in [-0.1, -0.05) is 35.3 Å². The number of hydrogen-bond acceptors (Lipinski definition) is 6. The number of pyridine rings is 2. The summed E-state index contributed by atoms with van der Waals surface area (Å²) in [5, 5.41) is 12.5. The highest BCUT2D eigenvalue weighted by Gasteiger charge is 2.25. The molecule has 4 N–H and O–H groups in total. The maximum absolute atomic E-state index is 12.7. The van der Waals surface area contributed by atoms with Gasteiger partial charge in [0.05, 0.1) is 33.2 Å². The molecule has 3 aromatic heterocycles. The highest BCUT2D eigenvalue weighted by Crippen LogP contribution is 2.39. The molecule has 8 nitrogen and oxygen atoms in total. The van der Waals surface area contributed by atoms with Crippen molar-refractivity contribution in [2.24, 2.45) is 0 Å². The minimum atomic E-state index is -0.310. The summed E-state index contributed by atoms with van der Waals surface area (Å²) in [4.78, 5) is 21.0. The minimum Gasteiger partial charge on any atom is -0.383 e. The number of nitrogens with one attached hydrogen (secondary N) is 2. The fourth-order valence-electron chi connectivity index (χ4n) is 4.13. The van der Waals surface area contributed by atoms with Gasteiger partial charge in [-0.25, -0.2) is 9.97 Å². The van der Waals surface area contributed by atoms with E-state index in [-0.39, 0.29) is 24.4 Å². The molecule has 4 heterocycles. The fourth-order valence-corrected chi connectivity index (χ4v) is 4.63. The first-order valence-corrected chi connectivity index (χ1v) is 11.3. The first-order chi connectivity index (χ1) is 16.0. The molecule has 1 amide bonds. The van der Waals surface area contributed by atoms with Crippen LogP contribution in [0.1, 0.15) is 29.2 Å². The van der Waals surface area contributed by atoms with Gasteiger partial charge in [0.2, 0.25) is 0 Å². The maximum Gasteiger partial charge on any atom is 0.256 e. The molecule has 11 heteroatoms. The standard InChI is InChI=1S/C23H21Cl2N7O.ClH/c24-16-10-13(23(33)30-18-5-1-2-9-28-18)6-7-15(16)20-19-21(17(25)12-29-22(19)26)32(31-20)14-4-3-8-27-11-14;/h1-2,5-7,9-10,12,14,27H,3-4,8,11H2,(H2,26,29)(H,28,30,33);1H/t14-;/m1./s1. The van der Waals surface area contributed by atoms with Crippen LogP contribution in [0.2, 0.25) is 10.0 Å². The molecule has 0 unspecified atom stereocenters. The number of carbonyl (C=O) groups excluding carboxylic acids is 1. The number of benzene rings is 1. The lowest BCUT2D eigenvalue weighted by atomic mass is 10.1. The number of rotatable bonds is 4. The van der Waals surface area contributed by atoms with Gasteiger partial charge in [0.25, 0.3) is 5.91 Å². The van der Waals surface area contributed by atoms with Gasteiger partial charge in [0, 0.05) is 23.9 Å². The van der Waals surface area contributed by atoms with Crippen molar-refractivity contribution in [2.45, 2.75) is 18.9 Å². The molecule has 1 aliphatic heterocycles. The van der Waals surface area contributed by atoms with E-state index in [1.807, 2.05) is 4.68 Å². The topological polar surface area (TPSA) is 111 Å². The smallest absolute Gasteiger partial charge is 0.256 e. The second kappa shape index (κ2) is 10.1. The predicted octanol–water partition coefficient (Wildman–Crippen LogP) is 4.98. The molecule has 1 aliphatic rings. The average molecular weight is 519 g/mol. The van der Waals surface area contributed by atoms with Crippen LogP contribution in [-0.4, -0.2) is 38.7 Å². The number of nitrogens with zero attached hydrogens (tertiary/aromatic N) is 4. The van der Waals surface area contributed by atoms with Crippen LogP contribution in [0.5, 0.6) is 0 Å². The summed E-state index contributed by atoms with van der Waals surface area (Å²) in [6, 6.07) is 10.5. The van der Waals surface area contributed by atoms with E-state index in [9.17, 15) is 4.79 Å². The summed E-state index contributed by atoms with van der Waals surface area (Å²) in [5.74, 6) is 0.476. The predicted molar refractivity (Wildman–Crippen MR) is 138 cm³/mol. The Morgan fingerprint density at radius 3 is 2.74 bits per heavy atom. The Labute approximate surface area is 212 Å². The van der Waals surface area contributed by atoms with Crippen molar-refractivity contribution in [3.05, 3.63) is 64.4 Å². The molecular weight excluding hydrogens is 497 g/mol. The van der Waals surface area contributed by atoms with Crippen LogP contribution < -0.4 is 16.4 Å². The molecule has 1 atom stereocenters. The van der Waals surface area contributed by atoms with Crippen LogP contribution in [0.3, 0.4) is 0 Å². The van der Waals surface area contributed by atoms with Crippen molar-refractivity contribution in [3.8, 4) is 11.3 Å². The number of piperidine rings is 1. The number of halogens is 3. The van der Waals surface area contributed by atoms with Gasteiger partial charge in [-0.2, -0.15) is 5.10 Å². The lowest BCUT2D eigenvalue weighted by molar-refractivity contribution is 0.102. The third-order valence-electron chi connectivity index (χ3n) is 5.72. The Hall–Kier alpha value is -2.91. The van der Waals surface area contributed by atoms with Crippen LogP contribution in [-0.2, 0) is 0 Å². The first-order valence-electron chi connectivity index (χ1n) is 10.6. The SMILES string of the molecule is Cl.Nc1ncc(Cl)c2c1c(-c1ccc(C(=O)Nc3ccccn3)cc1Cl)nn2[C@@H]1CCCNC1. The average Bonchev–Trinajstić information content (AvgIpc) is 3.24. The van der Waals surface area contributed by atoms with Gasteiger partial charge in [-0.3, -0.25) is 9.48 Å². The summed E-state index contributed by atoms with van der Waals surface area (Å²) < 4.78 is 1.93. The summed E-state index contributed by atoms with van der Waals surface area (Å²) in [5.41, 5.74) is 8.64. The normalized spacial score (nSPS) is 15.6. The zero-order valence-corrected chi connectivity index (χ0v) is 20.3. The lowest BCUT2D eigenvalue weighted by Gasteiger charge is -2.24. The van der Waals surface area contributed by atoms with Crippen molar-refractivity contribution < 1.29 is 4.79 Å². The molecule has 0 aliphatic carbocycles. The Kier molecular flexibility index (Phi) is 7.23. The van der Waals surface area contributed by atoms with Gasteiger partial charge in [0.15, 0.2) is 0 Å². The van der Waals surface area contributed by atoms with Crippen molar-refractivity contribution in [1.82, 2.24) is 25.1 Å². The number of amides is 1. The number of anilines is 2. The first kappa shape index (κ1) is 24.2. The summed E-state index contributed by atoms with van der Waals surface area (Å²) in [7, 11) is 0. The number of aromatic nitrogens is 4. The third kappa shape index (κ3) is 4.54. The van der Waals surface area contributed by atoms with E-state index in [2.05, 4.69) is 20.6 Å². The zero-order valence-electron chi connectivity index (χ0n) is 18.0.